The first kappa shape index (κ1) is 13.0. The van der Waals surface area contributed by atoms with E-state index in [1.165, 1.54) is 32.2 Å². The van der Waals surface area contributed by atoms with Crippen LogP contribution in [0.25, 0.3) is 0 Å². The van der Waals surface area contributed by atoms with Crippen molar-refractivity contribution in [2.75, 3.05) is 6.54 Å². The molecule has 2 atom stereocenters. The van der Waals surface area contributed by atoms with Gasteiger partial charge < -0.3 is 5.73 Å². The van der Waals surface area contributed by atoms with Crippen LogP contribution in [0, 0.1) is 5.92 Å². The molecule has 2 N–H and O–H groups in total. The topological polar surface area (TPSA) is 29.3 Å². The van der Waals surface area contributed by atoms with E-state index in [4.69, 9.17) is 5.73 Å². The molecule has 0 heterocycles. The zero-order valence-corrected chi connectivity index (χ0v) is 10.9. The van der Waals surface area contributed by atoms with E-state index in [-0.39, 0.29) is 0 Å². The van der Waals surface area contributed by atoms with Gasteiger partial charge in [0, 0.05) is 24.7 Å². The molecule has 1 rings (SSSR count). The molecule has 0 saturated heterocycles. The lowest BCUT2D eigenvalue weighted by Gasteiger charge is -2.40. The predicted molar refractivity (Wildman–Crippen MR) is 66.9 cm³/mol. The highest BCUT2D eigenvalue weighted by Gasteiger charge is 2.26. The summed E-state index contributed by atoms with van der Waals surface area (Å²) in [6, 6.07) is 1.83. The lowest BCUT2D eigenvalue weighted by Crippen LogP contribution is -2.47. The summed E-state index contributed by atoms with van der Waals surface area (Å²) < 4.78 is 0. The van der Waals surface area contributed by atoms with Crippen molar-refractivity contribution >= 4 is 0 Å². The Kier molecular flexibility index (Phi) is 5.07. The number of hydrogen-bond donors (Lipinski definition) is 1. The molecule has 2 heteroatoms. The summed E-state index contributed by atoms with van der Waals surface area (Å²) in [5, 5.41) is 0. The first-order valence-electron chi connectivity index (χ1n) is 6.52. The van der Waals surface area contributed by atoms with Crippen molar-refractivity contribution in [1.29, 1.82) is 0 Å². The molecule has 15 heavy (non-hydrogen) atoms. The zero-order chi connectivity index (χ0) is 11.4. The molecule has 90 valence electrons. The highest BCUT2D eigenvalue weighted by atomic mass is 15.2. The fraction of sp³-hybridized carbons (Fsp3) is 1.00. The highest BCUT2D eigenvalue weighted by Crippen LogP contribution is 2.24. The minimum absolute atomic E-state index is 0.442. The van der Waals surface area contributed by atoms with Crippen LogP contribution in [0.3, 0.4) is 0 Å². The van der Waals surface area contributed by atoms with E-state index in [9.17, 15) is 0 Å². The lowest BCUT2D eigenvalue weighted by atomic mass is 9.89. The summed E-state index contributed by atoms with van der Waals surface area (Å²) in [5.74, 6) is 0.755. The van der Waals surface area contributed by atoms with Gasteiger partial charge in [0.25, 0.3) is 0 Å². The fourth-order valence-corrected chi connectivity index (χ4v) is 2.71. The molecule has 0 aromatic heterocycles. The van der Waals surface area contributed by atoms with Gasteiger partial charge in [-0.05, 0) is 39.0 Å². The molecule has 0 aromatic carbocycles. The van der Waals surface area contributed by atoms with Gasteiger partial charge in [0.05, 0.1) is 0 Å². The van der Waals surface area contributed by atoms with Crippen molar-refractivity contribution in [3.8, 4) is 0 Å². The Morgan fingerprint density at radius 2 is 1.87 bits per heavy atom. The van der Waals surface area contributed by atoms with E-state index in [1.54, 1.807) is 0 Å². The van der Waals surface area contributed by atoms with E-state index < -0.39 is 0 Å². The van der Waals surface area contributed by atoms with Gasteiger partial charge in [0.2, 0.25) is 0 Å². The SMILES string of the molecule is CC(C)CN(C(C)C)C1CCCC(N)C1. The molecule has 2 nitrogen and oxygen atoms in total. The summed E-state index contributed by atoms with van der Waals surface area (Å²) in [5.41, 5.74) is 6.07. The molecule has 0 aromatic rings. The van der Waals surface area contributed by atoms with Crippen molar-refractivity contribution in [2.45, 2.75) is 71.5 Å². The van der Waals surface area contributed by atoms with Crippen LogP contribution < -0.4 is 5.73 Å². The summed E-state index contributed by atoms with van der Waals surface area (Å²) >= 11 is 0. The Morgan fingerprint density at radius 3 is 2.33 bits per heavy atom. The van der Waals surface area contributed by atoms with Crippen LogP contribution in [0.2, 0.25) is 0 Å². The second-order valence-corrected chi connectivity index (χ2v) is 5.76. The Labute approximate surface area is 95.2 Å². The number of nitrogens with two attached hydrogens (primary N) is 1. The standard InChI is InChI=1S/C13H28N2/c1-10(2)9-15(11(3)4)13-7-5-6-12(14)8-13/h10-13H,5-9,14H2,1-4H3. The molecule has 0 bridgehead atoms. The van der Waals surface area contributed by atoms with Gasteiger partial charge in [0.1, 0.15) is 0 Å². The molecule has 0 aliphatic heterocycles. The van der Waals surface area contributed by atoms with Crippen molar-refractivity contribution < 1.29 is 0 Å². The third-order valence-corrected chi connectivity index (χ3v) is 3.40. The molecule has 0 spiro atoms. The monoisotopic (exact) mass is 212 g/mol. The molecule has 0 radical (unpaired) electrons. The minimum Gasteiger partial charge on any atom is -0.328 e. The van der Waals surface area contributed by atoms with Gasteiger partial charge in [-0.15, -0.1) is 0 Å². The number of rotatable bonds is 4. The Hall–Kier alpha value is -0.0800. The van der Waals surface area contributed by atoms with Gasteiger partial charge >= 0.3 is 0 Å². The van der Waals surface area contributed by atoms with Crippen molar-refractivity contribution in [3.63, 3.8) is 0 Å². The molecule has 2 unspecified atom stereocenters. The number of nitrogens with zero attached hydrogens (tertiary/aromatic N) is 1. The third-order valence-electron chi connectivity index (χ3n) is 3.40. The summed E-state index contributed by atoms with van der Waals surface area (Å²) in [6.45, 7) is 10.4. The maximum atomic E-state index is 6.07. The van der Waals surface area contributed by atoms with E-state index in [2.05, 4.69) is 32.6 Å². The zero-order valence-electron chi connectivity index (χ0n) is 10.9. The van der Waals surface area contributed by atoms with Gasteiger partial charge in [0.15, 0.2) is 0 Å². The quantitative estimate of drug-likeness (QED) is 0.776. The van der Waals surface area contributed by atoms with E-state index in [0.717, 1.165) is 12.0 Å². The van der Waals surface area contributed by atoms with Gasteiger partial charge in [-0.2, -0.15) is 0 Å². The second kappa shape index (κ2) is 5.86. The third kappa shape index (κ3) is 4.12. The molecule has 1 aliphatic carbocycles. The van der Waals surface area contributed by atoms with Crippen LogP contribution >= 0.6 is 0 Å². The largest absolute Gasteiger partial charge is 0.328 e. The van der Waals surface area contributed by atoms with E-state index in [0.29, 0.717) is 12.1 Å². The normalized spacial score (nSPS) is 28.0. The predicted octanol–water partition coefficient (Wildman–Crippen LogP) is 2.62. The Balaban J connectivity index is 2.54. The first-order chi connectivity index (χ1) is 7.00. The van der Waals surface area contributed by atoms with E-state index >= 15 is 0 Å². The molecule has 0 amide bonds. The smallest absolute Gasteiger partial charge is 0.0113 e. The maximum Gasteiger partial charge on any atom is 0.0113 e. The fourth-order valence-electron chi connectivity index (χ4n) is 2.71. The van der Waals surface area contributed by atoms with Crippen LogP contribution in [-0.4, -0.2) is 29.6 Å². The maximum absolute atomic E-state index is 6.07. The average molecular weight is 212 g/mol. The van der Waals surface area contributed by atoms with Crippen molar-refractivity contribution in [2.24, 2.45) is 11.7 Å². The lowest BCUT2D eigenvalue weighted by molar-refractivity contribution is 0.0999. The molecular formula is C13H28N2. The van der Waals surface area contributed by atoms with Crippen LogP contribution in [0.15, 0.2) is 0 Å². The minimum atomic E-state index is 0.442. The summed E-state index contributed by atoms with van der Waals surface area (Å²) in [7, 11) is 0. The van der Waals surface area contributed by atoms with Crippen LogP contribution in [0.1, 0.15) is 53.4 Å². The highest BCUT2D eigenvalue weighted by molar-refractivity contribution is 4.84. The van der Waals surface area contributed by atoms with Gasteiger partial charge in [-0.25, -0.2) is 0 Å². The number of hydrogen-bond acceptors (Lipinski definition) is 2. The molecule has 1 fully saturated rings. The first-order valence-corrected chi connectivity index (χ1v) is 6.52. The summed E-state index contributed by atoms with van der Waals surface area (Å²) in [4.78, 5) is 2.66. The van der Waals surface area contributed by atoms with E-state index in [1.807, 2.05) is 0 Å². The Bertz CT molecular complexity index is 177. The average Bonchev–Trinajstić information content (AvgIpc) is 2.13. The van der Waals surface area contributed by atoms with Crippen LogP contribution in [0.5, 0.6) is 0 Å². The van der Waals surface area contributed by atoms with Gasteiger partial charge in [-0.3, -0.25) is 4.90 Å². The van der Waals surface area contributed by atoms with Crippen molar-refractivity contribution in [1.82, 2.24) is 4.90 Å². The second-order valence-electron chi connectivity index (χ2n) is 5.76. The van der Waals surface area contributed by atoms with Crippen molar-refractivity contribution in [3.05, 3.63) is 0 Å². The van der Waals surface area contributed by atoms with Gasteiger partial charge in [-0.1, -0.05) is 20.3 Å². The summed E-state index contributed by atoms with van der Waals surface area (Å²) in [6.07, 6.45) is 5.08. The van der Waals surface area contributed by atoms with Crippen LogP contribution in [-0.2, 0) is 0 Å². The molecule has 1 aliphatic rings. The Morgan fingerprint density at radius 1 is 1.20 bits per heavy atom. The molecule has 1 saturated carbocycles. The molecular weight excluding hydrogens is 184 g/mol. The van der Waals surface area contributed by atoms with Crippen LogP contribution in [0.4, 0.5) is 0 Å².